The van der Waals surface area contributed by atoms with Crippen molar-refractivity contribution in [1.82, 2.24) is 10.5 Å². The molecule has 0 aliphatic heterocycles. The number of hydrogen-bond acceptors (Lipinski definition) is 4. The van der Waals surface area contributed by atoms with Gasteiger partial charge in [0.2, 0.25) is 0 Å². The van der Waals surface area contributed by atoms with Gasteiger partial charge in [0.1, 0.15) is 6.61 Å². The van der Waals surface area contributed by atoms with E-state index < -0.39 is 0 Å². The highest BCUT2D eigenvalue weighted by molar-refractivity contribution is 5.04. The van der Waals surface area contributed by atoms with Gasteiger partial charge < -0.3 is 14.6 Å². The minimum absolute atomic E-state index is 0.473. The summed E-state index contributed by atoms with van der Waals surface area (Å²) < 4.78 is 10.4. The monoisotopic (exact) mass is 196 g/mol. The van der Waals surface area contributed by atoms with Crippen LogP contribution in [0.3, 0.4) is 0 Å². The smallest absolute Gasteiger partial charge is 0.162 e. The molecule has 0 saturated heterocycles. The molecule has 1 heterocycles. The molecule has 0 unspecified atom stereocenters. The van der Waals surface area contributed by atoms with Crippen LogP contribution in [0.15, 0.2) is 22.7 Å². The van der Waals surface area contributed by atoms with E-state index in [-0.39, 0.29) is 0 Å². The van der Waals surface area contributed by atoms with Gasteiger partial charge in [-0.3, -0.25) is 0 Å². The van der Waals surface area contributed by atoms with Gasteiger partial charge in [0.15, 0.2) is 5.76 Å². The van der Waals surface area contributed by atoms with E-state index in [1.54, 1.807) is 0 Å². The van der Waals surface area contributed by atoms with E-state index in [1.165, 1.54) is 0 Å². The largest absolute Gasteiger partial charge is 0.369 e. The summed E-state index contributed by atoms with van der Waals surface area (Å²) in [4.78, 5) is 0. The van der Waals surface area contributed by atoms with Crippen molar-refractivity contribution < 1.29 is 9.26 Å². The van der Waals surface area contributed by atoms with E-state index in [1.807, 2.05) is 32.2 Å². The summed E-state index contributed by atoms with van der Waals surface area (Å²) in [6.45, 7) is 3.76. The van der Waals surface area contributed by atoms with Crippen molar-refractivity contribution in [3.05, 3.63) is 29.7 Å². The zero-order valence-corrected chi connectivity index (χ0v) is 8.62. The summed E-state index contributed by atoms with van der Waals surface area (Å²) >= 11 is 0. The number of aromatic nitrogens is 1. The highest BCUT2D eigenvalue weighted by Crippen LogP contribution is 2.04. The number of ether oxygens (including phenoxy) is 1. The first kappa shape index (κ1) is 10.9. The summed E-state index contributed by atoms with van der Waals surface area (Å²) in [6, 6.07) is 1.90. The SMILES string of the molecule is CC=CCOCc1cc(CNC)no1. The fraction of sp³-hybridized carbons (Fsp3) is 0.500. The summed E-state index contributed by atoms with van der Waals surface area (Å²) in [5.41, 5.74) is 0.900. The van der Waals surface area contributed by atoms with Crippen LogP contribution in [0.4, 0.5) is 0 Å². The first-order chi connectivity index (χ1) is 6.86. The lowest BCUT2D eigenvalue weighted by Crippen LogP contribution is -2.04. The maximum absolute atomic E-state index is 5.31. The molecule has 78 valence electrons. The van der Waals surface area contributed by atoms with Crippen molar-refractivity contribution in [2.45, 2.75) is 20.1 Å². The molecule has 0 amide bonds. The molecule has 0 spiro atoms. The van der Waals surface area contributed by atoms with E-state index in [0.717, 1.165) is 18.0 Å². The third-order valence-electron chi connectivity index (χ3n) is 1.66. The lowest BCUT2D eigenvalue weighted by molar-refractivity contribution is 0.125. The second-order valence-corrected chi connectivity index (χ2v) is 2.90. The van der Waals surface area contributed by atoms with Crippen LogP contribution in [0.2, 0.25) is 0 Å². The molecule has 1 rings (SSSR count). The molecule has 4 heteroatoms. The van der Waals surface area contributed by atoms with Gasteiger partial charge in [0, 0.05) is 12.6 Å². The standard InChI is InChI=1S/C10H16N2O2/c1-3-4-5-13-8-10-6-9(7-11-2)12-14-10/h3-4,6,11H,5,7-8H2,1-2H3. The first-order valence-electron chi connectivity index (χ1n) is 4.64. The molecule has 4 nitrogen and oxygen atoms in total. The van der Waals surface area contributed by atoms with Gasteiger partial charge in [0.05, 0.1) is 12.3 Å². The Kier molecular flexibility index (Phi) is 4.96. The van der Waals surface area contributed by atoms with Crippen LogP contribution in [0.25, 0.3) is 0 Å². The van der Waals surface area contributed by atoms with Crippen LogP contribution in [-0.4, -0.2) is 18.8 Å². The topological polar surface area (TPSA) is 47.3 Å². The van der Waals surface area contributed by atoms with E-state index in [2.05, 4.69) is 10.5 Å². The van der Waals surface area contributed by atoms with Gasteiger partial charge in [-0.05, 0) is 14.0 Å². The second kappa shape index (κ2) is 6.34. The Morgan fingerprint density at radius 3 is 3.21 bits per heavy atom. The zero-order valence-electron chi connectivity index (χ0n) is 8.62. The Morgan fingerprint density at radius 2 is 2.50 bits per heavy atom. The fourth-order valence-corrected chi connectivity index (χ4v) is 1.01. The van der Waals surface area contributed by atoms with E-state index in [0.29, 0.717) is 13.2 Å². The van der Waals surface area contributed by atoms with Crippen LogP contribution in [0.5, 0.6) is 0 Å². The number of hydrogen-bond donors (Lipinski definition) is 1. The van der Waals surface area contributed by atoms with Crippen LogP contribution < -0.4 is 5.32 Å². The van der Waals surface area contributed by atoms with Crippen molar-refractivity contribution >= 4 is 0 Å². The molecule has 0 saturated carbocycles. The van der Waals surface area contributed by atoms with Crippen LogP contribution in [-0.2, 0) is 17.9 Å². The van der Waals surface area contributed by atoms with Crippen molar-refractivity contribution in [3.63, 3.8) is 0 Å². The Labute approximate surface area is 83.9 Å². The molecule has 1 N–H and O–H groups in total. The Balaban J connectivity index is 2.28. The Morgan fingerprint density at radius 1 is 1.64 bits per heavy atom. The minimum atomic E-state index is 0.473. The average Bonchev–Trinajstić information content (AvgIpc) is 2.61. The van der Waals surface area contributed by atoms with Crippen molar-refractivity contribution in [2.75, 3.05) is 13.7 Å². The number of rotatable bonds is 6. The summed E-state index contributed by atoms with van der Waals surface area (Å²) in [5.74, 6) is 0.764. The predicted octanol–water partition coefficient (Wildman–Crippen LogP) is 1.49. The molecule has 0 atom stereocenters. The fourth-order valence-electron chi connectivity index (χ4n) is 1.01. The minimum Gasteiger partial charge on any atom is -0.369 e. The van der Waals surface area contributed by atoms with Gasteiger partial charge >= 0.3 is 0 Å². The third-order valence-corrected chi connectivity index (χ3v) is 1.66. The molecular weight excluding hydrogens is 180 g/mol. The van der Waals surface area contributed by atoms with Crippen LogP contribution in [0, 0.1) is 0 Å². The molecule has 0 aliphatic rings. The summed E-state index contributed by atoms with van der Waals surface area (Å²) in [6.07, 6.45) is 3.90. The first-order valence-corrected chi connectivity index (χ1v) is 4.64. The molecule has 14 heavy (non-hydrogen) atoms. The molecule has 1 aromatic rings. The lowest BCUT2D eigenvalue weighted by Gasteiger charge is -1.94. The molecular formula is C10H16N2O2. The van der Waals surface area contributed by atoms with Crippen molar-refractivity contribution in [2.24, 2.45) is 0 Å². The van der Waals surface area contributed by atoms with E-state index in [4.69, 9.17) is 9.26 Å². The third kappa shape index (κ3) is 3.72. The van der Waals surface area contributed by atoms with Crippen molar-refractivity contribution in [3.8, 4) is 0 Å². The van der Waals surface area contributed by atoms with E-state index in [9.17, 15) is 0 Å². The molecule has 0 aliphatic carbocycles. The Hall–Kier alpha value is -1.13. The number of allylic oxidation sites excluding steroid dienone is 1. The quantitative estimate of drug-likeness (QED) is 0.553. The lowest BCUT2D eigenvalue weighted by atomic mass is 10.4. The number of nitrogens with zero attached hydrogens (tertiary/aromatic N) is 1. The van der Waals surface area contributed by atoms with Gasteiger partial charge in [-0.1, -0.05) is 17.3 Å². The highest BCUT2D eigenvalue weighted by Gasteiger charge is 2.02. The van der Waals surface area contributed by atoms with Gasteiger partial charge in [-0.25, -0.2) is 0 Å². The normalized spacial score (nSPS) is 11.3. The predicted molar refractivity (Wildman–Crippen MR) is 53.7 cm³/mol. The van der Waals surface area contributed by atoms with Crippen LogP contribution >= 0.6 is 0 Å². The maximum atomic E-state index is 5.31. The zero-order chi connectivity index (χ0) is 10.2. The second-order valence-electron chi connectivity index (χ2n) is 2.90. The van der Waals surface area contributed by atoms with Gasteiger partial charge in [-0.2, -0.15) is 0 Å². The van der Waals surface area contributed by atoms with Gasteiger partial charge in [-0.15, -0.1) is 0 Å². The average molecular weight is 196 g/mol. The summed E-state index contributed by atoms with van der Waals surface area (Å²) in [5, 5.41) is 6.87. The molecule has 1 aromatic heterocycles. The summed E-state index contributed by atoms with van der Waals surface area (Å²) in [7, 11) is 1.87. The maximum Gasteiger partial charge on any atom is 0.162 e. The van der Waals surface area contributed by atoms with Crippen molar-refractivity contribution in [1.29, 1.82) is 0 Å². The van der Waals surface area contributed by atoms with Crippen LogP contribution in [0.1, 0.15) is 18.4 Å². The Bertz CT molecular complexity index is 281. The number of nitrogens with one attached hydrogen (secondary N) is 1. The molecule has 0 radical (unpaired) electrons. The molecule has 0 aromatic carbocycles. The molecule has 0 fully saturated rings. The molecule has 0 bridgehead atoms. The highest BCUT2D eigenvalue weighted by atomic mass is 16.5. The van der Waals surface area contributed by atoms with Gasteiger partial charge in [0.25, 0.3) is 0 Å². The van der Waals surface area contributed by atoms with E-state index >= 15 is 0 Å².